The van der Waals surface area contributed by atoms with E-state index < -0.39 is 5.63 Å². The van der Waals surface area contributed by atoms with Crippen molar-refractivity contribution >= 4 is 22.6 Å². The second-order valence-corrected chi connectivity index (χ2v) is 6.65. The van der Waals surface area contributed by atoms with Gasteiger partial charge in [-0.3, -0.25) is 4.79 Å². The number of carbonyl (C=O) groups is 1. The van der Waals surface area contributed by atoms with Crippen LogP contribution < -0.4 is 15.7 Å². The third-order valence-corrected chi connectivity index (χ3v) is 4.51. The van der Waals surface area contributed by atoms with Crippen LogP contribution in [-0.2, 0) is 11.2 Å². The van der Waals surface area contributed by atoms with Crippen LogP contribution in [-0.4, -0.2) is 23.2 Å². The molecule has 4 aromatic rings. The Labute approximate surface area is 171 Å². The Balaban J connectivity index is 1.30. The third kappa shape index (κ3) is 4.54. The van der Waals surface area contributed by atoms with E-state index in [9.17, 15) is 9.59 Å². The molecular formula is C22H19N3O5. The average Bonchev–Trinajstić information content (AvgIpc) is 3.23. The van der Waals surface area contributed by atoms with Crippen LogP contribution in [0.15, 0.2) is 68.3 Å². The molecule has 0 aliphatic rings. The van der Waals surface area contributed by atoms with Gasteiger partial charge in [-0.2, -0.15) is 4.98 Å². The zero-order chi connectivity index (χ0) is 20.9. The molecule has 0 spiro atoms. The minimum absolute atomic E-state index is 0.123. The van der Waals surface area contributed by atoms with Crippen molar-refractivity contribution in [2.75, 3.05) is 12.4 Å². The molecule has 152 valence electrons. The van der Waals surface area contributed by atoms with Gasteiger partial charge in [-0.1, -0.05) is 5.16 Å². The van der Waals surface area contributed by atoms with Crippen molar-refractivity contribution in [3.63, 3.8) is 0 Å². The summed E-state index contributed by atoms with van der Waals surface area (Å²) in [6.45, 7) is 0. The number of carbonyl (C=O) groups excluding carboxylic acids is 1. The summed E-state index contributed by atoms with van der Waals surface area (Å²) in [4.78, 5) is 27.8. The largest absolute Gasteiger partial charge is 0.497 e. The lowest BCUT2D eigenvalue weighted by molar-refractivity contribution is -0.116. The van der Waals surface area contributed by atoms with Crippen molar-refractivity contribution in [1.82, 2.24) is 10.1 Å². The highest BCUT2D eigenvalue weighted by Crippen LogP contribution is 2.21. The quantitative estimate of drug-likeness (QED) is 0.466. The van der Waals surface area contributed by atoms with Gasteiger partial charge in [0, 0.05) is 35.5 Å². The second-order valence-electron chi connectivity index (χ2n) is 6.65. The molecule has 2 aromatic heterocycles. The molecule has 2 aromatic carbocycles. The highest BCUT2D eigenvalue weighted by atomic mass is 16.5. The second kappa shape index (κ2) is 8.60. The number of benzene rings is 2. The standard InChI is InChI=1S/C22H19N3O5/c1-28-17-9-5-14(6-10-17)22-24-20(30-25-22)4-2-3-19(26)23-16-8-11-18-15(13-16)7-12-21(27)29-18/h5-13H,2-4H2,1H3,(H,23,26). The zero-order valence-electron chi connectivity index (χ0n) is 16.3. The van der Waals surface area contributed by atoms with Gasteiger partial charge < -0.3 is 19.0 Å². The Morgan fingerprint density at radius 1 is 1.10 bits per heavy atom. The highest BCUT2D eigenvalue weighted by molar-refractivity contribution is 5.93. The summed E-state index contributed by atoms with van der Waals surface area (Å²) in [5, 5.41) is 7.56. The highest BCUT2D eigenvalue weighted by Gasteiger charge is 2.10. The first-order chi connectivity index (χ1) is 14.6. The lowest BCUT2D eigenvalue weighted by Gasteiger charge is -2.05. The van der Waals surface area contributed by atoms with Crippen molar-refractivity contribution < 1.29 is 18.5 Å². The predicted octanol–water partition coefficient (Wildman–Crippen LogP) is 3.81. The number of hydrogen-bond acceptors (Lipinski definition) is 7. The molecule has 0 aliphatic carbocycles. The number of aryl methyl sites for hydroxylation is 1. The van der Waals surface area contributed by atoms with Crippen LogP contribution in [0.4, 0.5) is 5.69 Å². The number of anilines is 1. The number of hydrogen-bond donors (Lipinski definition) is 1. The van der Waals surface area contributed by atoms with E-state index in [0.29, 0.717) is 42.2 Å². The average molecular weight is 405 g/mol. The van der Waals surface area contributed by atoms with E-state index in [1.165, 1.54) is 6.07 Å². The lowest BCUT2D eigenvalue weighted by atomic mass is 10.2. The molecule has 0 saturated carbocycles. The van der Waals surface area contributed by atoms with Crippen LogP contribution in [0, 0.1) is 0 Å². The summed E-state index contributed by atoms with van der Waals surface area (Å²) in [5.41, 5.74) is 1.54. The molecule has 0 bridgehead atoms. The minimum atomic E-state index is -0.407. The molecule has 8 nitrogen and oxygen atoms in total. The normalized spacial score (nSPS) is 10.8. The molecular weight excluding hydrogens is 386 g/mol. The van der Waals surface area contributed by atoms with Gasteiger partial charge in [0.25, 0.3) is 0 Å². The van der Waals surface area contributed by atoms with Crippen LogP contribution in [0.25, 0.3) is 22.4 Å². The summed E-state index contributed by atoms with van der Waals surface area (Å²) in [6.07, 6.45) is 1.38. The number of methoxy groups -OCH3 is 1. The number of amides is 1. The monoisotopic (exact) mass is 405 g/mol. The fourth-order valence-corrected chi connectivity index (χ4v) is 2.99. The first-order valence-corrected chi connectivity index (χ1v) is 9.41. The van der Waals surface area contributed by atoms with Gasteiger partial charge in [0.05, 0.1) is 7.11 Å². The van der Waals surface area contributed by atoms with Crippen molar-refractivity contribution in [2.24, 2.45) is 0 Å². The van der Waals surface area contributed by atoms with Crippen molar-refractivity contribution in [2.45, 2.75) is 19.3 Å². The Bertz CT molecular complexity index is 1230. The molecule has 30 heavy (non-hydrogen) atoms. The fourth-order valence-electron chi connectivity index (χ4n) is 2.99. The molecule has 0 atom stereocenters. The van der Waals surface area contributed by atoms with Crippen LogP contribution >= 0.6 is 0 Å². The van der Waals surface area contributed by atoms with E-state index >= 15 is 0 Å². The van der Waals surface area contributed by atoms with Crippen molar-refractivity contribution in [3.8, 4) is 17.1 Å². The van der Waals surface area contributed by atoms with Crippen molar-refractivity contribution in [3.05, 3.63) is 70.9 Å². The molecule has 1 amide bonds. The van der Waals surface area contributed by atoms with Gasteiger partial charge in [-0.05, 0) is 55.0 Å². The smallest absolute Gasteiger partial charge is 0.336 e. The number of aromatic nitrogens is 2. The summed E-state index contributed by atoms with van der Waals surface area (Å²) >= 11 is 0. The molecule has 8 heteroatoms. The first-order valence-electron chi connectivity index (χ1n) is 9.41. The van der Waals surface area contributed by atoms with E-state index in [2.05, 4.69) is 15.5 Å². The topological polar surface area (TPSA) is 107 Å². The van der Waals surface area contributed by atoms with Crippen molar-refractivity contribution in [1.29, 1.82) is 0 Å². The molecule has 1 N–H and O–H groups in total. The number of nitrogens with zero attached hydrogens (tertiary/aromatic N) is 2. The van der Waals surface area contributed by atoms with E-state index in [0.717, 1.165) is 16.7 Å². The molecule has 0 unspecified atom stereocenters. The maximum Gasteiger partial charge on any atom is 0.336 e. The van der Waals surface area contributed by atoms with E-state index in [4.69, 9.17) is 13.7 Å². The number of nitrogens with one attached hydrogen (secondary N) is 1. The molecule has 0 aliphatic heterocycles. The lowest BCUT2D eigenvalue weighted by Crippen LogP contribution is -2.11. The Morgan fingerprint density at radius 2 is 1.93 bits per heavy atom. The Hall–Kier alpha value is -3.94. The van der Waals surface area contributed by atoms with Gasteiger partial charge in [0.2, 0.25) is 17.6 Å². The summed E-state index contributed by atoms with van der Waals surface area (Å²) < 4.78 is 15.5. The molecule has 0 radical (unpaired) electrons. The maximum absolute atomic E-state index is 12.2. The SMILES string of the molecule is COc1ccc(-c2noc(CCCC(=O)Nc3ccc4oc(=O)ccc4c3)n2)cc1. The summed E-state index contributed by atoms with van der Waals surface area (Å²) in [7, 11) is 1.61. The van der Waals surface area contributed by atoms with Crippen LogP contribution in [0.3, 0.4) is 0 Å². The minimum Gasteiger partial charge on any atom is -0.497 e. The predicted molar refractivity (Wildman–Crippen MR) is 110 cm³/mol. The fraction of sp³-hybridized carbons (Fsp3) is 0.182. The summed E-state index contributed by atoms with van der Waals surface area (Å²) in [6, 6.07) is 15.5. The molecule has 0 fully saturated rings. The van der Waals surface area contributed by atoms with Gasteiger partial charge >= 0.3 is 5.63 Å². The van der Waals surface area contributed by atoms with Gasteiger partial charge in [-0.15, -0.1) is 0 Å². The molecule has 0 saturated heterocycles. The van der Waals surface area contributed by atoms with Crippen LogP contribution in [0.5, 0.6) is 5.75 Å². The summed E-state index contributed by atoms with van der Waals surface area (Å²) in [5.74, 6) is 1.61. The maximum atomic E-state index is 12.2. The number of fused-ring (bicyclic) bond motifs is 1. The van der Waals surface area contributed by atoms with E-state index in [-0.39, 0.29) is 5.91 Å². The van der Waals surface area contributed by atoms with Gasteiger partial charge in [0.15, 0.2) is 0 Å². The number of ether oxygens (including phenoxy) is 1. The van der Waals surface area contributed by atoms with Crippen LogP contribution in [0.2, 0.25) is 0 Å². The Kier molecular flexibility index (Phi) is 5.56. The first kappa shape index (κ1) is 19.4. The number of rotatable bonds is 7. The van der Waals surface area contributed by atoms with E-state index in [1.807, 2.05) is 24.3 Å². The zero-order valence-corrected chi connectivity index (χ0v) is 16.3. The van der Waals surface area contributed by atoms with Gasteiger partial charge in [0.1, 0.15) is 11.3 Å². The van der Waals surface area contributed by atoms with E-state index in [1.54, 1.807) is 31.4 Å². The molecule has 4 rings (SSSR count). The van der Waals surface area contributed by atoms with Crippen LogP contribution in [0.1, 0.15) is 18.7 Å². The molecule has 2 heterocycles. The van der Waals surface area contributed by atoms with Gasteiger partial charge in [-0.25, -0.2) is 4.79 Å². The third-order valence-electron chi connectivity index (χ3n) is 4.51. The Morgan fingerprint density at radius 3 is 2.73 bits per heavy atom.